The molecule has 0 aliphatic rings. The summed E-state index contributed by atoms with van der Waals surface area (Å²) in [6, 6.07) is 13.7. The van der Waals surface area contributed by atoms with Crippen LogP contribution in [0, 0.1) is 0 Å². The number of aromatic amines is 1. The molecular formula is C20H14Cl2N4O4. The average Bonchev–Trinajstić information content (AvgIpc) is 3.07. The smallest absolute Gasteiger partial charge is 0.330 e. The molecule has 0 saturated carbocycles. The fourth-order valence-corrected chi connectivity index (χ4v) is 3.52. The van der Waals surface area contributed by atoms with E-state index in [4.69, 9.17) is 28.3 Å². The Morgan fingerprint density at radius 3 is 2.43 bits per heavy atom. The molecular weight excluding hydrogens is 431 g/mol. The molecule has 30 heavy (non-hydrogen) atoms. The van der Waals surface area contributed by atoms with Crippen LogP contribution in [0.2, 0.25) is 10.0 Å². The van der Waals surface area contributed by atoms with E-state index in [0.717, 1.165) is 4.57 Å². The highest BCUT2D eigenvalue weighted by Gasteiger charge is 2.21. The van der Waals surface area contributed by atoms with E-state index in [0.29, 0.717) is 27.1 Å². The summed E-state index contributed by atoms with van der Waals surface area (Å²) in [5.41, 5.74) is -0.0944. The van der Waals surface area contributed by atoms with Crippen LogP contribution in [0.3, 0.4) is 0 Å². The minimum atomic E-state index is -1.12. The van der Waals surface area contributed by atoms with Crippen molar-refractivity contribution in [2.75, 3.05) is 0 Å². The minimum absolute atomic E-state index is 0.0708. The van der Waals surface area contributed by atoms with Crippen LogP contribution in [0.5, 0.6) is 0 Å². The van der Waals surface area contributed by atoms with E-state index < -0.39 is 17.2 Å². The van der Waals surface area contributed by atoms with Crippen LogP contribution in [0.4, 0.5) is 0 Å². The maximum absolute atomic E-state index is 13.2. The van der Waals surface area contributed by atoms with Gasteiger partial charge in [0.05, 0.1) is 11.4 Å². The SMILES string of the molecule is O=C(O)CCn1c(=O)[nH]c2nc(-c3ccccc3Cl)n(-c3ccc(Cl)cc3)c2c1=O. The predicted molar refractivity (Wildman–Crippen MR) is 114 cm³/mol. The fourth-order valence-electron chi connectivity index (χ4n) is 3.17. The van der Waals surface area contributed by atoms with Gasteiger partial charge in [0, 0.05) is 22.8 Å². The molecule has 0 spiro atoms. The Morgan fingerprint density at radius 2 is 1.77 bits per heavy atom. The number of carbonyl (C=O) groups is 1. The molecule has 10 heteroatoms. The number of aliphatic carboxylic acids is 1. The number of halogens is 2. The summed E-state index contributed by atoms with van der Waals surface area (Å²) in [7, 11) is 0. The molecule has 0 saturated heterocycles. The molecule has 0 atom stereocenters. The molecule has 0 unspecified atom stereocenters. The molecule has 2 N–H and O–H groups in total. The second kappa shape index (κ2) is 7.81. The van der Waals surface area contributed by atoms with Crippen molar-refractivity contribution in [2.45, 2.75) is 13.0 Å². The largest absolute Gasteiger partial charge is 0.481 e. The van der Waals surface area contributed by atoms with Gasteiger partial charge >= 0.3 is 11.7 Å². The topological polar surface area (TPSA) is 110 Å². The van der Waals surface area contributed by atoms with Crippen molar-refractivity contribution in [3.63, 3.8) is 0 Å². The molecule has 4 aromatic rings. The molecule has 2 heterocycles. The van der Waals surface area contributed by atoms with Gasteiger partial charge in [0.15, 0.2) is 11.2 Å². The quantitative estimate of drug-likeness (QED) is 0.490. The van der Waals surface area contributed by atoms with Crippen molar-refractivity contribution in [3.05, 3.63) is 79.4 Å². The first-order valence-electron chi connectivity index (χ1n) is 8.85. The van der Waals surface area contributed by atoms with Crippen LogP contribution in [-0.4, -0.2) is 30.2 Å². The molecule has 8 nitrogen and oxygen atoms in total. The lowest BCUT2D eigenvalue weighted by Gasteiger charge is -2.11. The number of hydrogen-bond acceptors (Lipinski definition) is 4. The van der Waals surface area contributed by atoms with Gasteiger partial charge in [-0.05, 0) is 36.4 Å². The van der Waals surface area contributed by atoms with Crippen LogP contribution in [0.1, 0.15) is 6.42 Å². The highest BCUT2D eigenvalue weighted by atomic mass is 35.5. The van der Waals surface area contributed by atoms with Crippen molar-refractivity contribution < 1.29 is 9.90 Å². The number of nitrogens with zero attached hydrogens (tertiary/aromatic N) is 3. The molecule has 0 aliphatic carbocycles. The Kier molecular flexibility index (Phi) is 5.19. The third-order valence-corrected chi connectivity index (χ3v) is 5.13. The number of benzene rings is 2. The van der Waals surface area contributed by atoms with Crippen LogP contribution < -0.4 is 11.2 Å². The van der Waals surface area contributed by atoms with Crippen molar-refractivity contribution in [1.82, 2.24) is 19.1 Å². The lowest BCUT2D eigenvalue weighted by Crippen LogP contribution is -2.36. The van der Waals surface area contributed by atoms with Crippen molar-refractivity contribution in [2.24, 2.45) is 0 Å². The lowest BCUT2D eigenvalue weighted by atomic mass is 10.2. The number of rotatable bonds is 5. The van der Waals surface area contributed by atoms with Gasteiger partial charge in [0.25, 0.3) is 5.56 Å². The molecule has 2 aromatic carbocycles. The zero-order chi connectivity index (χ0) is 21.4. The number of hydrogen-bond donors (Lipinski definition) is 2. The molecule has 152 valence electrons. The number of carboxylic acid groups (broad SMARTS) is 1. The van der Waals surface area contributed by atoms with E-state index in [1.165, 1.54) is 0 Å². The van der Waals surface area contributed by atoms with E-state index in [2.05, 4.69) is 9.97 Å². The van der Waals surface area contributed by atoms with Crippen LogP contribution in [0.25, 0.3) is 28.2 Å². The third-order valence-electron chi connectivity index (χ3n) is 4.54. The lowest BCUT2D eigenvalue weighted by molar-refractivity contribution is -0.137. The van der Waals surface area contributed by atoms with Gasteiger partial charge in [-0.2, -0.15) is 0 Å². The van der Waals surface area contributed by atoms with E-state index in [1.54, 1.807) is 53.1 Å². The van der Waals surface area contributed by atoms with Gasteiger partial charge in [-0.25, -0.2) is 9.78 Å². The van der Waals surface area contributed by atoms with Crippen molar-refractivity contribution in [1.29, 1.82) is 0 Å². The molecule has 0 fully saturated rings. The monoisotopic (exact) mass is 444 g/mol. The predicted octanol–water partition coefficient (Wildman–Crippen LogP) is 3.32. The number of nitrogens with one attached hydrogen (secondary N) is 1. The maximum Gasteiger partial charge on any atom is 0.330 e. The second-order valence-electron chi connectivity index (χ2n) is 6.45. The first-order valence-corrected chi connectivity index (χ1v) is 9.60. The first-order chi connectivity index (χ1) is 14.4. The van der Waals surface area contributed by atoms with Crippen LogP contribution >= 0.6 is 23.2 Å². The first kappa shape index (κ1) is 19.9. The van der Waals surface area contributed by atoms with Crippen molar-refractivity contribution >= 4 is 40.3 Å². The van der Waals surface area contributed by atoms with Gasteiger partial charge in [-0.3, -0.25) is 23.7 Å². The average molecular weight is 445 g/mol. The molecule has 0 radical (unpaired) electrons. The summed E-state index contributed by atoms with van der Waals surface area (Å²) < 4.78 is 2.42. The van der Waals surface area contributed by atoms with E-state index in [1.807, 2.05) is 0 Å². The summed E-state index contributed by atoms with van der Waals surface area (Å²) in [4.78, 5) is 43.5. The number of fused-ring (bicyclic) bond motifs is 1. The van der Waals surface area contributed by atoms with Gasteiger partial charge in [-0.15, -0.1) is 0 Å². The fraction of sp³-hybridized carbons (Fsp3) is 0.100. The number of aromatic nitrogens is 4. The highest BCUT2D eigenvalue weighted by Crippen LogP contribution is 2.31. The van der Waals surface area contributed by atoms with Gasteiger partial charge in [0.1, 0.15) is 5.82 Å². The zero-order valence-corrected chi connectivity index (χ0v) is 16.8. The minimum Gasteiger partial charge on any atom is -0.481 e. The Morgan fingerprint density at radius 1 is 1.07 bits per heavy atom. The molecule has 0 amide bonds. The summed E-state index contributed by atoms with van der Waals surface area (Å²) in [6.45, 7) is -0.271. The highest BCUT2D eigenvalue weighted by molar-refractivity contribution is 6.33. The van der Waals surface area contributed by atoms with Crippen LogP contribution in [-0.2, 0) is 11.3 Å². The number of imidazole rings is 1. The molecule has 4 rings (SSSR count). The normalized spacial score (nSPS) is 11.1. The summed E-state index contributed by atoms with van der Waals surface area (Å²) in [5, 5.41) is 9.86. The summed E-state index contributed by atoms with van der Waals surface area (Å²) >= 11 is 12.4. The molecule has 2 aromatic heterocycles. The Labute approximate surface area is 178 Å². The zero-order valence-electron chi connectivity index (χ0n) is 15.3. The second-order valence-corrected chi connectivity index (χ2v) is 7.30. The van der Waals surface area contributed by atoms with Gasteiger partial charge in [0.2, 0.25) is 0 Å². The standard InChI is InChI=1S/C20H14Cl2N4O4/c21-11-5-7-12(8-6-11)26-16-17(23-18(26)13-3-1-2-4-14(13)22)24-20(30)25(19(16)29)10-9-15(27)28/h1-8H,9-10H2,(H,24,30)(H,27,28). The van der Waals surface area contributed by atoms with Crippen LogP contribution in [0.15, 0.2) is 58.1 Å². The van der Waals surface area contributed by atoms with Crippen molar-refractivity contribution in [3.8, 4) is 17.1 Å². The Balaban J connectivity index is 2.08. The van der Waals surface area contributed by atoms with E-state index in [-0.39, 0.29) is 24.1 Å². The number of carboxylic acids is 1. The van der Waals surface area contributed by atoms with E-state index in [9.17, 15) is 14.4 Å². The number of H-pyrrole nitrogens is 1. The summed E-state index contributed by atoms with van der Waals surface area (Å²) in [5.74, 6) is -0.772. The molecule has 0 bridgehead atoms. The summed E-state index contributed by atoms with van der Waals surface area (Å²) in [6.07, 6.45) is -0.374. The van der Waals surface area contributed by atoms with E-state index >= 15 is 0 Å². The van der Waals surface area contributed by atoms with Gasteiger partial charge in [-0.1, -0.05) is 35.3 Å². The Hall–Kier alpha value is -3.36. The molecule has 0 aliphatic heterocycles. The van der Waals surface area contributed by atoms with Gasteiger partial charge < -0.3 is 5.11 Å². The maximum atomic E-state index is 13.2. The third kappa shape index (κ3) is 3.51. The Bertz CT molecular complexity index is 1390.